The third-order valence-electron chi connectivity index (χ3n) is 7.31. The average Bonchev–Trinajstić information content (AvgIpc) is 3.21. The molecule has 2 aromatic carbocycles. The van der Waals surface area contributed by atoms with Gasteiger partial charge in [-0.2, -0.15) is 0 Å². The van der Waals surface area contributed by atoms with E-state index in [4.69, 9.17) is 4.74 Å². The van der Waals surface area contributed by atoms with E-state index >= 15 is 0 Å². The molecule has 1 saturated heterocycles. The smallest absolute Gasteiger partial charge is 0.410 e. The highest BCUT2D eigenvalue weighted by Gasteiger charge is 2.52. The zero-order chi connectivity index (χ0) is 26.3. The van der Waals surface area contributed by atoms with Crippen LogP contribution >= 0.6 is 31.9 Å². The number of carbonyl (C=O) groups excluding carboxylic acids is 2. The van der Waals surface area contributed by atoms with E-state index in [2.05, 4.69) is 67.9 Å². The Labute approximate surface area is 231 Å². The quantitative estimate of drug-likeness (QED) is 0.413. The molecule has 4 rings (SSSR count). The zero-order valence-corrected chi connectivity index (χ0v) is 24.9. The number of benzene rings is 2. The molecule has 1 aliphatic carbocycles. The molecule has 0 saturated carbocycles. The van der Waals surface area contributed by atoms with Crippen LogP contribution in [0.5, 0.6) is 0 Å². The first-order valence-electron chi connectivity index (χ1n) is 12.5. The summed E-state index contributed by atoms with van der Waals surface area (Å²) in [6.07, 6.45) is 1.30. The summed E-state index contributed by atoms with van der Waals surface area (Å²) >= 11 is 7.16. The van der Waals surface area contributed by atoms with Crippen LogP contribution in [0.1, 0.15) is 56.8 Å². The van der Waals surface area contributed by atoms with Gasteiger partial charge in [0.15, 0.2) is 0 Å². The maximum absolute atomic E-state index is 14.5. The average molecular weight is 621 g/mol. The number of halogens is 2. The molecule has 1 aliphatic heterocycles. The van der Waals surface area contributed by atoms with Crippen LogP contribution < -0.4 is 0 Å². The van der Waals surface area contributed by atoms with Gasteiger partial charge in [0, 0.05) is 42.2 Å². The summed E-state index contributed by atoms with van der Waals surface area (Å²) in [6, 6.07) is 14.3. The number of carbonyl (C=O) groups is 2. The molecule has 1 fully saturated rings. The Kier molecular flexibility index (Phi) is 7.89. The largest absolute Gasteiger partial charge is 0.444 e. The first-order chi connectivity index (χ1) is 16.9. The van der Waals surface area contributed by atoms with Crippen molar-refractivity contribution in [1.82, 2.24) is 14.7 Å². The fraction of sp³-hybridized carbons (Fsp3) is 0.500. The highest BCUT2D eigenvalue weighted by atomic mass is 79.9. The summed E-state index contributed by atoms with van der Waals surface area (Å²) in [4.78, 5) is 33.1. The molecule has 36 heavy (non-hydrogen) atoms. The molecular weight excluding hydrogens is 586 g/mol. The van der Waals surface area contributed by atoms with E-state index in [0.717, 1.165) is 32.9 Å². The lowest BCUT2D eigenvalue weighted by Crippen LogP contribution is -2.61. The van der Waals surface area contributed by atoms with E-state index in [0.29, 0.717) is 26.2 Å². The SMILES string of the molecule is CC(c1cc(Br)cc(Br)c1)N(C)C(=O)[C@]1(N2CCN(C(=O)OC(C)(C)C)CC2)CCc2ccccc21. The van der Waals surface area contributed by atoms with Crippen LogP contribution in [-0.2, 0) is 21.5 Å². The Hall–Kier alpha value is -1.90. The molecule has 1 unspecified atom stereocenters. The van der Waals surface area contributed by atoms with Gasteiger partial charge in [-0.1, -0.05) is 56.1 Å². The van der Waals surface area contributed by atoms with Crippen molar-refractivity contribution in [3.8, 4) is 0 Å². The molecular formula is C28H35Br2N3O3. The predicted octanol–water partition coefficient (Wildman–Crippen LogP) is 6.13. The lowest BCUT2D eigenvalue weighted by atomic mass is 9.86. The first kappa shape index (κ1) is 27.1. The Morgan fingerprint density at radius 1 is 1.03 bits per heavy atom. The molecule has 2 amide bonds. The van der Waals surface area contributed by atoms with Gasteiger partial charge in [0.05, 0.1) is 6.04 Å². The Bertz CT molecular complexity index is 1120. The third-order valence-corrected chi connectivity index (χ3v) is 8.23. The van der Waals surface area contributed by atoms with Gasteiger partial charge in [0.1, 0.15) is 11.1 Å². The zero-order valence-electron chi connectivity index (χ0n) is 21.7. The van der Waals surface area contributed by atoms with E-state index in [9.17, 15) is 9.59 Å². The number of ether oxygens (including phenoxy) is 1. The van der Waals surface area contributed by atoms with Crippen LogP contribution in [0.2, 0.25) is 0 Å². The second-order valence-corrected chi connectivity index (χ2v) is 12.6. The number of amides is 2. The molecule has 2 aromatic rings. The molecule has 194 valence electrons. The van der Waals surface area contributed by atoms with Crippen LogP contribution in [-0.4, -0.2) is 65.5 Å². The van der Waals surface area contributed by atoms with E-state index in [1.165, 1.54) is 5.56 Å². The molecule has 0 aromatic heterocycles. The second kappa shape index (κ2) is 10.5. The highest BCUT2D eigenvalue weighted by Crippen LogP contribution is 2.44. The number of piperazine rings is 1. The minimum absolute atomic E-state index is 0.0989. The Morgan fingerprint density at radius 2 is 1.64 bits per heavy atom. The monoisotopic (exact) mass is 619 g/mol. The van der Waals surface area contributed by atoms with Crippen molar-refractivity contribution >= 4 is 43.9 Å². The fourth-order valence-electron chi connectivity index (χ4n) is 5.38. The van der Waals surface area contributed by atoms with Crippen molar-refractivity contribution in [3.05, 3.63) is 68.1 Å². The lowest BCUT2D eigenvalue weighted by molar-refractivity contribution is -0.148. The van der Waals surface area contributed by atoms with Crippen molar-refractivity contribution in [2.45, 2.75) is 57.7 Å². The van der Waals surface area contributed by atoms with E-state index in [1.54, 1.807) is 4.90 Å². The number of hydrogen-bond acceptors (Lipinski definition) is 4. The minimum Gasteiger partial charge on any atom is -0.444 e. The van der Waals surface area contributed by atoms with Gasteiger partial charge in [0.2, 0.25) is 5.91 Å². The van der Waals surface area contributed by atoms with E-state index in [1.807, 2.05) is 50.9 Å². The Morgan fingerprint density at radius 3 is 2.25 bits per heavy atom. The first-order valence-corrected chi connectivity index (χ1v) is 14.1. The predicted molar refractivity (Wildman–Crippen MR) is 149 cm³/mol. The number of rotatable bonds is 4. The highest BCUT2D eigenvalue weighted by molar-refractivity contribution is 9.11. The van der Waals surface area contributed by atoms with Crippen LogP contribution in [0, 0.1) is 0 Å². The standard InChI is InChI=1S/C28H35Br2N3O3/c1-19(21-16-22(29)18-23(30)17-21)31(5)25(34)28(11-10-20-8-6-7-9-24(20)28)33-14-12-32(13-15-33)26(35)36-27(2,3)4/h6-9,16-19H,10-15H2,1-5H3/t19?,28-/m0/s1. The fourth-order valence-corrected chi connectivity index (χ4v) is 6.71. The van der Waals surface area contributed by atoms with Gasteiger partial charge in [-0.3, -0.25) is 9.69 Å². The van der Waals surface area contributed by atoms with Crippen molar-refractivity contribution in [3.63, 3.8) is 0 Å². The third kappa shape index (κ3) is 5.36. The van der Waals surface area contributed by atoms with Crippen molar-refractivity contribution in [2.24, 2.45) is 0 Å². The topological polar surface area (TPSA) is 53.1 Å². The number of nitrogens with zero attached hydrogens (tertiary/aromatic N) is 3. The number of fused-ring (bicyclic) bond motifs is 1. The van der Waals surface area contributed by atoms with Crippen LogP contribution in [0.15, 0.2) is 51.4 Å². The Balaban J connectivity index is 1.62. The molecule has 0 bridgehead atoms. The number of hydrogen-bond donors (Lipinski definition) is 0. The van der Waals surface area contributed by atoms with E-state index in [-0.39, 0.29) is 18.0 Å². The molecule has 2 aliphatic rings. The second-order valence-electron chi connectivity index (χ2n) is 10.8. The van der Waals surface area contributed by atoms with Crippen molar-refractivity contribution in [1.29, 1.82) is 0 Å². The van der Waals surface area contributed by atoms with Gasteiger partial charge in [-0.15, -0.1) is 0 Å². The van der Waals surface area contributed by atoms with Gasteiger partial charge in [0.25, 0.3) is 0 Å². The van der Waals surface area contributed by atoms with E-state index < -0.39 is 11.1 Å². The minimum atomic E-state index is -0.747. The van der Waals surface area contributed by atoms with Gasteiger partial charge in [-0.05, 0) is 75.4 Å². The normalized spacial score (nSPS) is 21.1. The van der Waals surface area contributed by atoms with Gasteiger partial charge in [-0.25, -0.2) is 4.79 Å². The summed E-state index contributed by atoms with van der Waals surface area (Å²) in [7, 11) is 1.90. The maximum Gasteiger partial charge on any atom is 0.410 e. The summed E-state index contributed by atoms with van der Waals surface area (Å²) in [5, 5.41) is 0. The molecule has 8 heteroatoms. The molecule has 2 atom stereocenters. The molecule has 0 radical (unpaired) electrons. The number of aryl methyl sites for hydroxylation is 1. The molecule has 0 spiro atoms. The van der Waals surface area contributed by atoms with Gasteiger partial charge >= 0.3 is 6.09 Å². The number of likely N-dealkylation sites (N-methyl/N-ethyl adjacent to an activating group) is 1. The van der Waals surface area contributed by atoms with Crippen LogP contribution in [0.4, 0.5) is 4.79 Å². The molecule has 0 N–H and O–H groups in total. The molecule has 6 nitrogen and oxygen atoms in total. The van der Waals surface area contributed by atoms with Crippen LogP contribution in [0.3, 0.4) is 0 Å². The van der Waals surface area contributed by atoms with Crippen molar-refractivity contribution in [2.75, 3.05) is 33.2 Å². The summed E-state index contributed by atoms with van der Waals surface area (Å²) < 4.78 is 7.53. The van der Waals surface area contributed by atoms with Gasteiger partial charge < -0.3 is 14.5 Å². The van der Waals surface area contributed by atoms with Crippen LogP contribution in [0.25, 0.3) is 0 Å². The lowest BCUT2D eigenvalue weighted by Gasteiger charge is -2.47. The summed E-state index contributed by atoms with van der Waals surface area (Å²) in [6.45, 7) is 10.0. The maximum atomic E-state index is 14.5. The van der Waals surface area contributed by atoms with Crippen molar-refractivity contribution < 1.29 is 14.3 Å². The summed E-state index contributed by atoms with van der Waals surface area (Å²) in [5.41, 5.74) is 2.10. The summed E-state index contributed by atoms with van der Waals surface area (Å²) in [5.74, 6) is 0.0989. The molecule has 1 heterocycles.